The van der Waals surface area contributed by atoms with E-state index in [9.17, 15) is 4.79 Å². The third kappa shape index (κ3) is 4.21. The minimum Gasteiger partial charge on any atom is -0.379 e. The largest absolute Gasteiger partial charge is 0.379 e. The monoisotopic (exact) mass is 282 g/mol. The second-order valence-corrected chi connectivity index (χ2v) is 6.24. The van der Waals surface area contributed by atoms with Gasteiger partial charge in [0, 0.05) is 31.1 Å². The summed E-state index contributed by atoms with van der Waals surface area (Å²) in [6, 6.07) is 2.13. The van der Waals surface area contributed by atoms with Crippen molar-refractivity contribution in [2.45, 2.75) is 26.8 Å². The first-order valence-corrected chi connectivity index (χ1v) is 7.70. The maximum atomic E-state index is 12.0. The van der Waals surface area contributed by atoms with E-state index in [2.05, 4.69) is 30.6 Å². The molecule has 0 radical (unpaired) electrons. The van der Waals surface area contributed by atoms with Crippen LogP contribution in [0.5, 0.6) is 0 Å². The van der Waals surface area contributed by atoms with Crippen LogP contribution in [0.4, 0.5) is 4.79 Å². The van der Waals surface area contributed by atoms with Crippen LogP contribution in [0.15, 0.2) is 11.4 Å². The normalized spacial score (nSPS) is 14.6. The van der Waals surface area contributed by atoms with Gasteiger partial charge in [-0.15, -0.1) is 11.3 Å². The Morgan fingerprint density at radius 3 is 3.21 bits per heavy atom. The number of amides is 2. The zero-order valence-corrected chi connectivity index (χ0v) is 12.5. The molecule has 19 heavy (non-hydrogen) atoms. The summed E-state index contributed by atoms with van der Waals surface area (Å²) in [5.74, 6) is 0.537. The van der Waals surface area contributed by atoms with E-state index in [4.69, 9.17) is 4.74 Å². The Kier molecular flexibility index (Phi) is 5.22. The number of rotatable bonds is 5. The first-order valence-electron chi connectivity index (χ1n) is 6.82. The average Bonchev–Trinajstić information content (AvgIpc) is 2.84. The van der Waals surface area contributed by atoms with Crippen LogP contribution in [0.25, 0.3) is 0 Å². The molecule has 1 aliphatic rings. The summed E-state index contributed by atoms with van der Waals surface area (Å²) in [5, 5.41) is 5.02. The number of carbonyl (C=O) groups excluding carboxylic acids is 1. The number of hydrogen-bond acceptors (Lipinski definition) is 3. The highest BCUT2D eigenvalue weighted by Gasteiger charge is 2.20. The average molecular weight is 282 g/mol. The summed E-state index contributed by atoms with van der Waals surface area (Å²) >= 11 is 1.79. The van der Waals surface area contributed by atoms with E-state index < -0.39 is 0 Å². The summed E-state index contributed by atoms with van der Waals surface area (Å²) in [7, 11) is 0. The molecular formula is C14H22N2O2S. The third-order valence-corrected chi connectivity index (χ3v) is 4.09. The van der Waals surface area contributed by atoms with E-state index in [0.717, 1.165) is 26.1 Å². The lowest BCUT2D eigenvalue weighted by Crippen LogP contribution is -2.43. The molecule has 0 aliphatic carbocycles. The van der Waals surface area contributed by atoms with E-state index in [0.29, 0.717) is 19.1 Å². The lowest BCUT2D eigenvalue weighted by Gasteiger charge is -2.27. The van der Waals surface area contributed by atoms with Gasteiger partial charge in [-0.25, -0.2) is 4.79 Å². The topological polar surface area (TPSA) is 41.6 Å². The summed E-state index contributed by atoms with van der Waals surface area (Å²) in [6.07, 6.45) is 0.976. The minimum atomic E-state index is 0.0185. The predicted molar refractivity (Wildman–Crippen MR) is 77.5 cm³/mol. The highest BCUT2D eigenvalue weighted by atomic mass is 32.1. The summed E-state index contributed by atoms with van der Waals surface area (Å²) in [6.45, 7) is 7.69. The molecule has 2 heterocycles. The second-order valence-electron chi connectivity index (χ2n) is 5.24. The lowest BCUT2D eigenvalue weighted by atomic mass is 10.1. The SMILES string of the molecule is CC(C)COCCNC(=O)N1CCc2sccc2C1. The summed E-state index contributed by atoms with van der Waals surface area (Å²) in [5.41, 5.74) is 1.29. The highest BCUT2D eigenvalue weighted by Crippen LogP contribution is 2.23. The molecule has 106 valence electrons. The molecular weight excluding hydrogens is 260 g/mol. The molecule has 0 spiro atoms. The number of urea groups is 1. The van der Waals surface area contributed by atoms with Crippen LogP contribution in [-0.4, -0.2) is 37.2 Å². The molecule has 1 aromatic rings. The second kappa shape index (κ2) is 6.91. The maximum absolute atomic E-state index is 12.0. The van der Waals surface area contributed by atoms with Crippen LogP contribution >= 0.6 is 11.3 Å². The van der Waals surface area contributed by atoms with Crippen LogP contribution in [0.3, 0.4) is 0 Å². The van der Waals surface area contributed by atoms with Crippen molar-refractivity contribution in [1.29, 1.82) is 0 Å². The number of carbonyl (C=O) groups is 1. The number of nitrogens with zero attached hydrogens (tertiary/aromatic N) is 1. The van der Waals surface area contributed by atoms with Crippen molar-refractivity contribution in [3.63, 3.8) is 0 Å². The molecule has 5 heteroatoms. The van der Waals surface area contributed by atoms with Crippen LogP contribution in [0.1, 0.15) is 24.3 Å². The fraction of sp³-hybridized carbons (Fsp3) is 0.643. The fourth-order valence-electron chi connectivity index (χ4n) is 2.08. The van der Waals surface area contributed by atoms with Gasteiger partial charge < -0.3 is 15.0 Å². The van der Waals surface area contributed by atoms with E-state index in [1.165, 1.54) is 10.4 Å². The van der Waals surface area contributed by atoms with Gasteiger partial charge in [-0.2, -0.15) is 0 Å². The van der Waals surface area contributed by atoms with Crippen LogP contribution in [0, 0.1) is 5.92 Å². The third-order valence-electron chi connectivity index (χ3n) is 3.07. The number of ether oxygens (including phenoxy) is 1. The van der Waals surface area contributed by atoms with E-state index in [1.807, 2.05) is 4.90 Å². The van der Waals surface area contributed by atoms with Gasteiger partial charge in [0.25, 0.3) is 0 Å². The molecule has 0 unspecified atom stereocenters. The standard InChI is InChI=1S/C14H22N2O2S/c1-11(2)10-18-7-5-15-14(17)16-6-3-13-12(9-16)4-8-19-13/h4,8,11H,3,5-7,9-10H2,1-2H3,(H,15,17). The van der Waals surface area contributed by atoms with Gasteiger partial charge in [0.1, 0.15) is 0 Å². The number of fused-ring (bicyclic) bond motifs is 1. The van der Waals surface area contributed by atoms with E-state index in [1.54, 1.807) is 11.3 Å². The number of nitrogens with one attached hydrogen (secondary N) is 1. The Bertz CT molecular complexity index is 417. The maximum Gasteiger partial charge on any atom is 0.317 e. The van der Waals surface area contributed by atoms with Gasteiger partial charge in [-0.05, 0) is 29.3 Å². The van der Waals surface area contributed by atoms with Gasteiger partial charge in [-0.1, -0.05) is 13.8 Å². The van der Waals surface area contributed by atoms with Crippen molar-refractivity contribution in [2.24, 2.45) is 5.92 Å². The Balaban J connectivity index is 1.67. The summed E-state index contributed by atoms with van der Waals surface area (Å²) in [4.78, 5) is 15.3. The van der Waals surface area contributed by atoms with Crippen molar-refractivity contribution in [3.8, 4) is 0 Å². The Labute approximate surface area is 118 Å². The van der Waals surface area contributed by atoms with E-state index in [-0.39, 0.29) is 6.03 Å². The molecule has 0 saturated heterocycles. The molecule has 2 amide bonds. The van der Waals surface area contributed by atoms with Crippen molar-refractivity contribution >= 4 is 17.4 Å². The first kappa shape index (κ1) is 14.3. The van der Waals surface area contributed by atoms with Gasteiger partial charge >= 0.3 is 6.03 Å². The molecule has 1 aliphatic heterocycles. The molecule has 1 aromatic heterocycles. The molecule has 0 fully saturated rings. The quantitative estimate of drug-likeness (QED) is 0.843. The van der Waals surface area contributed by atoms with Crippen molar-refractivity contribution < 1.29 is 9.53 Å². The van der Waals surface area contributed by atoms with Crippen molar-refractivity contribution in [3.05, 3.63) is 21.9 Å². The molecule has 0 bridgehead atoms. The first-order chi connectivity index (χ1) is 9.16. The molecule has 4 nitrogen and oxygen atoms in total. The fourth-order valence-corrected chi connectivity index (χ4v) is 2.97. The van der Waals surface area contributed by atoms with Gasteiger partial charge in [0.15, 0.2) is 0 Å². The Morgan fingerprint density at radius 2 is 2.42 bits per heavy atom. The predicted octanol–water partition coefficient (Wildman–Crippen LogP) is 2.49. The van der Waals surface area contributed by atoms with Gasteiger partial charge in [0.05, 0.1) is 6.61 Å². The molecule has 0 aromatic carbocycles. The van der Waals surface area contributed by atoms with Crippen molar-refractivity contribution in [2.75, 3.05) is 26.3 Å². The lowest BCUT2D eigenvalue weighted by molar-refractivity contribution is 0.110. The van der Waals surface area contributed by atoms with E-state index >= 15 is 0 Å². The van der Waals surface area contributed by atoms with Crippen molar-refractivity contribution in [1.82, 2.24) is 10.2 Å². The number of hydrogen-bond donors (Lipinski definition) is 1. The number of thiophene rings is 1. The Morgan fingerprint density at radius 1 is 1.58 bits per heavy atom. The molecule has 0 atom stereocenters. The Hall–Kier alpha value is -1.07. The van der Waals surface area contributed by atoms with Gasteiger partial charge in [0.2, 0.25) is 0 Å². The van der Waals surface area contributed by atoms with Crippen LogP contribution < -0.4 is 5.32 Å². The smallest absolute Gasteiger partial charge is 0.317 e. The molecule has 1 N–H and O–H groups in total. The molecule has 0 saturated carbocycles. The zero-order valence-electron chi connectivity index (χ0n) is 11.6. The summed E-state index contributed by atoms with van der Waals surface area (Å²) < 4.78 is 5.45. The highest BCUT2D eigenvalue weighted by molar-refractivity contribution is 7.10. The van der Waals surface area contributed by atoms with Gasteiger partial charge in [-0.3, -0.25) is 0 Å². The molecule has 2 rings (SSSR count). The van der Waals surface area contributed by atoms with Crippen LogP contribution in [0.2, 0.25) is 0 Å². The zero-order chi connectivity index (χ0) is 13.7. The van der Waals surface area contributed by atoms with Crippen LogP contribution in [-0.2, 0) is 17.7 Å². The minimum absolute atomic E-state index is 0.0185.